The molecule has 1 heterocycles. The minimum absolute atomic E-state index is 0.0185. The summed E-state index contributed by atoms with van der Waals surface area (Å²) in [6, 6.07) is 2.87. The maximum atomic E-state index is 12.1. The van der Waals surface area contributed by atoms with Crippen molar-refractivity contribution in [1.29, 1.82) is 0 Å². The molecule has 2 rings (SSSR count). The molecule has 0 atom stereocenters. The van der Waals surface area contributed by atoms with Gasteiger partial charge < -0.3 is 5.73 Å². The topological polar surface area (TPSA) is 102 Å². The Labute approximate surface area is 125 Å². The lowest BCUT2D eigenvalue weighted by Gasteiger charge is -2.18. The number of benzene rings is 1. The lowest BCUT2D eigenvalue weighted by molar-refractivity contribution is -0.112. The maximum absolute atomic E-state index is 12.1. The molecule has 6 nitrogen and oxygen atoms in total. The van der Waals surface area contributed by atoms with E-state index in [0.29, 0.717) is 9.92 Å². The van der Waals surface area contributed by atoms with Crippen LogP contribution in [0.5, 0.6) is 0 Å². The molecule has 0 saturated carbocycles. The van der Waals surface area contributed by atoms with Gasteiger partial charge in [-0.1, -0.05) is 25.4 Å². The fraction of sp³-hybridized carbons (Fsp3) is 0.273. The van der Waals surface area contributed by atoms with Crippen LogP contribution in [0.25, 0.3) is 0 Å². The predicted molar refractivity (Wildman–Crippen MR) is 79.1 cm³/mol. The van der Waals surface area contributed by atoms with Gasteiger partial charge in [0.1, 0.15) is 4.90 Å². The van der Waals surface area contributed by atoms with Crippen LogP contribution in [-0.4, -0.2) is 25.4 Å². The normalized spacial score (nSPS) is 16.3. The van der Waals surface area contributed by atoms with Crippen molar-refractivity contribution in [1.82, 2.24) is 4.72 Å². The molecule has 0 saturated heterocycles. The molecule has 3 N–H and O–H groups in total. The first-order valence-corrected chi connectivity index (χ1v) is 8.36. The van der Waals surface area contributed by atoms with Gasteiger partial charge in [0, 0.05) is 10.1 Å². The van der Waals surface area contributed by atoms with E-state index in [1.165, 1.54) is 23.9 Å². The summed E-state index contributed by atoms with van der Waals surface area (Å²) in [4.78, 5) is 15.6. The summed E-state index contributed by atoms with van der Waals surface area (Å²) >= 11 is 7.55. The number of hydrogen-bond donors (Lipinski definition) is 2. The van der Waals surface area contributed by atoms with Crippen LogP contribution < -0.4 is 10.5 Å². The number of rotatable bonds is 3. The fourth-order valence-corrected chi connectivity index (χ4v) is 4.00. The average molecular weight is 334 g/mol. The number of halogens is 1. The monoisotopic (exact) mass is 333 g/mol. The number of sulfonamides is 1. The molecule has 0 radical (unpaired) electrons. The molecule has 1 aliphatic heterocycles. The lowest BCUT2D eigenvalue weighted by atomic mass is 10.3. The molecule has 108 valence electrons. The van der Waals surface area contributed by atoms with E-state index < -0.39 is 21.8 Å². The zero-order chi connectivity index (χ0) is 15.1. The third-order valence-electron chi connectivity index (χ3n) is 2.36. The summed E-state index contributed by atoms with van der Waals surface area (Å²) < 4.78 is 26.2. The Morgan fingerprint density at radius 1 is 1.45 bits per heavy atom. The Bertz CT molecular complexity index is 714. The number of carbonyl (C=O) groups is 1. The van der Waals surface area contributed by atoms with Crippen molar-refractivity contribution in [3.05, 3.63) is 17.2 Å². The standard InChI is InChI=1S/C11H12ClN3O3S2/c1-5(2)19-8-4-9-7(3-6(8)12)14-11(10(13)16)15-20(9,17)18/h3-5H,1-2H3,(H2,13,16)(H,14,15). The number of hydrogen-bond acceptors (Lipinski definition) is 5. The second-order valence-electron chi connectivity index (χ2n) is 4.35. The van der Waals surface area contributed by atoms with Gasteiger partial charge in [-0.2, -0.15) is 0 Å². The Balaban J connectivity index is 2.63. The van der Waals surface area contributed by atoms with Crippen molar-refractivity contribution in [2.24, 2.45) is 10.7 Å². The molecule has 1 aromatic carbocycles. The molecule has 0 aromatic heterocycles. The van der Waals surface area contributed by atoms with Crippen molar-refractivity contribution in [2.75, 3.05) is 0 Å². The Hall–Kier alpha value is -1.25. The fourth-order valence-electron chi connectivity index (χ4n) is 1.60. The van der Waals surface area contributed by atoms with Gasteiger partial charge in [-0.15, -0.1) is 11.8 Å². The van der Waals surface area contributed by atoms with E-state index in [0.717, 1.165) is 0 Å². The zero-order valence-corrected chi connectivity index (χ0v) is 13.1. The van der Waals surface area contributed by atoms with Crippen LogP contribution in [0, 0.1) is 0 Å². The van der Waals surface area contributed by atoms with Gasteiger partial charge in [-0.3, -0.25) is 9.52 Å². The van der Waals surface area contributed by atoms with E-state index in [2.05, 4.69) is 4.99 Å². The van der Waals surface area contributed by atoms with E-state index in [9.17, 15) is 13.2 Å². The summed E-state index contributed by atoms with van der Waals surface area (Å²) in [7, 11) is -3.86. The molecule has 0 spiro atoms. The van der Waals surface area contributed by atoms with E-state index in [-0.39, 0.29) is 15.8 Å². The van der Waals surface area contributed by atoms with E-state index in [1.807, 2.05) is 18.6 Å². The first-order chi connectivity index (χ1) is 9.20. The van der Waals surface area contributed by atoms with Crippen molar-refractivity contribution >= 4 is 50.8 Å². The predicted octanol–water partition coefficient (Wildman–Crippen LogP) is 1.65. The quantitative estimate of drug-likeness (QED) is 0.821. The third kappa shape index (κ3) is 2.92. The highest BCUT2D eigenvalue weighted by atomic mass is 35.5. The Kier molecular flexibility index (Phi) is 3.99. The van der Waals surface area contributed by atoms with Gasteiger partial charge in [-0.05, 0) is 12.1 Å². The highest BCUT2D eigenvalue weighted by Crippen LogP contribution is 2.38. The first-order valence-electron chi connectivity index (χ1n) is 5.62. The van der Waals surface area contributed by atoms with Crippen molar-refractivity contribution < 1.29 is 13.2 Å². The van der Waals surface area contributed by atoms with Gasteiger partial charge in [0.25, 0.3) is 15.9 Å². The second kappa shape index (κ2) is 5.27. The van der Waals surface area contributed by atoms with E-state index >= 15 is 0 Å². The summed E-state index contributed by atoms with van der Waals surface area (Å²) in [6.07, 6.45) is 0. The number of nitrogens with two attached hydrogens (primary N) is 1. The number of nitrogens with zero attached hydrogens (tertiary/aromatic N) is 1. The number of aliphatic imine (C=N–C) groups is 1. The van der Waals surface area contributed by atoms with Crippen LogP contribution in [0.4, 0.5) is 5.69 Å². The summed E-state index contributed by atoms with van der Waals surface area (Å²) in [6.45, 7) is 3.94. The number of primary amides is 1. The van der Waals surface area contributed by atoms with Crippen LogP contribution in [0.1, 0.15) is 13.8 Å². The molecule has 1 amide bonds. The average Bonchev–Trinajstić information content (AvgIpc) is 2.29. The summed E-state index contributed by atoms with van der Waals surface area (Å²) in [5.74, 6) is -1.37. The molecular formula is C11H12ClN3O3S2. The maximum Gasteiger partial charge on any atom is 0.285 e. The molecule has 1 aromatic rings. The molecule has 0 unspecified atom stereocenters. The lowest BCUT2D eigenvalue weighted by Crippen LogP contribution is -2.41. The number of thioether (sulfide) groups is 1. The van der Waals surface area contributed by atoms with E-state index in [1.54, 1.807) is 0 Å². The highest BCUT2D eigenvalue weighted by molar-refractivity contribution is 8.00. The number of amidine groups is 1. The van der Waals surface area contributed by atoms with Gasteiger partial charge in [0.2, 0.25) is 5.84 Å². The first kappa shape index (κ1) is 15.1. The van der Waals surface area contributed by atoms with Crippen molar-refractivity contribution in [3.63, 3.8) is 0 Å². The smallest absolute Gasteiger partial charge is 0.285 e. The minimum atomic E-state index is -3.86. The summed E-state index contributed by atoms with van der Waals surface area (Å²) in [5, 5.41) is 0.626. The third-order valence-corrected chi connectivity index (χ3v) is 5.22. The van der Waals surface area contributed by atoms with Gasteiger partial charge in [0.15, 0.2) is 0 Å². The largest absolute Gasteiger partial charge is 0.363 e. The molecule has 20 heavy (non-hydrogen) atoms. The molecular weight excluding hydrogens is 322 g/mol. The molecule has 0 aliphatic carbocycles. The van der Waals surface area contributed by atoms with Crippen LogP contribution >= 0.6 is 23.4 Å². The Morgan fingerprint density at radius 3 is 2.65 bits per heavy atom. The number of amides is 1. The van der Waals surface area contributed by atoms with Crippen LogP contribution in [-0.2, 0) is 14.8 Å². The van der Waals surface area contributed by atoms with E-state index in [4.69, 9.17) is 17.3 Å². The number of carbonyl (C=O) groups excluding carboxylic acids is 1. The Morgan fingerprint density at radius 2 is 2.10 bits per heavy atom. The molecule has 1 aliphatic rings. The molecule has 9 heteroatoms. The zero-order valence-electron chi connectivity index (χ0n) is 10.7. The van der Waals surface area contributed by atoms with Crippen LogP contribution in [0.3, 0.4) is 0 Å². The SMILES string of the molecule is CC(C)Sc1cc2c(cc1Cl)N=C(C(N)=O)NS2(=O)=O. The van der Waals surface area contributed by atoms with Crippen molar-refractivity contribution in [3.8, 4) is 0 Å². The molecule has 0 bridgehead atoms. The van der Waals surface area contributed by atoms with Crippen LogP contribution in [0.15, 0.2) is 26.9 Å². The second-order valence-corrected chi connectivity index (χ2v) is 8.02. The van der Waals surface area contributed by atoms with Crippen LogP contribution in [0.2, 0.25) is 5.02 Å². The van der Waals surface area contributed by atoms with Crippen molar-refractivity contribution in [2.45, 2.75) is 28.9 Å². The van der Waals surface area contributed by atoms with Gasteiger partial charge in [-0.25, -0.2) is 13.4 Å². The minimum Gasteiger partial charge on any atom is -0.363 e. The van der Waals surface area contributed by atoms with Gasteiger partial charge in [0.05, 0.1) is 10.7 Å². The van der Waals surface area contributed by atoms with Gasteiger partial charge >= 0.3 is 0 Å². The summed E-state index contributed by atoms with van der Waals surface area (Å²) in [5.41, 5.74) is 5.15. The highest BCUT2D eigenvalue weighted by Gasteiger charge is 2.29. The number of nitrogens with one attached hydrogen (secondary N) is 1. The molecule has 0 fully saturated rings. The number of fused-ring (bicyclic) bond motifs is 1.